The number of para-hydroxylation sites is 1. The van der Waals surface area contributed by atoms with Crippen molar-refractivity contribution in [2.75, 3.05) is 7.11 Å². The highest BCUT2D eigenvalue weighted by molar-refractivity contribution is 5.82. The molecule has 0 saturated carbocycles. The molecule has 146 valence electrons. The van der Waals surface area contributed by atoms with Gasteiger partial charge in [0, 0.05) is 24.7 Å². The second kappa shape index (κ2) is 8.98. The summed E-state index contributed by atoms with van der Waals surface area (Å²) in [4.78, 5) is 16.4. The number of halogens is 2. The molecule has 1 heterocycles. The van der Waals surface area contributed by atoms with Crippen LogP contribution in [0.15, 0.2) is 54.7 Å². The Bertz CT molecular complexity index is 961. The molecule has 1 aromatic heterocycles. The summed E-state index contributed by atoms with van der Waals surface area (Å²) in [5.74, 6) is 0.107. The van der Waals surface area contributed by atoms with Crippen LogP contribution in [0.1, 0.15) is 11.1 Å². The first kappa shape index (κ1) is 19.3. The third-order valence-corrected chi connectivity index (χ3v) is 4.05. The van der Waals surface area contributed by atoms with Gasteiger partial charge < -0.3 is 20.1 Å². The number of nitrogens with zero attached hydrogens (tertiary/aromatic N) is 1. The number of benzene rings is 2. The zero-order valence-corrected chi connectivity index (χ0v) is 15.1. The van der Waals surface area contributed by atoms with Gasteiger partial charge >= 0.3 is 12.6 Å². The number of ether oxygens (including phenoxy) is 2. The Balaban J connectivity index is 1.58. The number of carbonyl (C=O) groups is 1. The molecule has 2 N–H and O–H groups in total. The van der Waals surface area contributed by atoms with Crippen molar-refractivity contribution in [3.05, 3.63) is 65.9 Å². The lowest BCUT2D eigenvalue weighted by atomic mass is 10.1. The molecule has 0 atom stereocenters. The number of fused-ring (bicyclic) bond motifs is 1. The predicted octanol–water partition coefficient (Wildman–Crippen LogP) is 3.84. The average Bonchev–Trinajstić information content (AvgIpc) is 2.70. The molecule has 0 aliphatic carbocycles. The van der Waals surface area contributed by atoms with Crippen LogP contribution in [-0.2, 0) is 13.1 Å². The Morgan fingerprint density at radius 1 is 1.07 bits per heavy atom. The summed E-state index contributed by atoms with van der Waals surface area (Å²) in [5.41, 5.74) is 2.32. The Morgan fingerprint density at radius 3 is 2.64 bits per heavy atom. The highest BCUT2D eigenvalue weighted by Gasteiger charge is 2.12. The number of amides is 2. The van der Waals surface area contributed by atoms with Gasteiger partial charge in [0.1, 0.15) is 0 Å². The van der Waals surface area contributed by atoms with Gasteiger partial charge in [0.15, 0.2) is 11.5 Å². The molecular weight excluding hydrogens is 368 g/mol. The van der Waals surface area contributed by atoms with Gasteiger partial charge in [-0.25, -0.2) is 4.79 Å². The third kappa shape index (κ3) is 4.85. The first-order valence-corrected chi connectivity index (χ1v) is 8.53. The van der Waals surface area contributed by atoms with Crippen LogP contribution in [0.25, 0.3) is 10.9 Å². The molecule has 0 aliphatic rings. The predicted molar refractivity (Wildman–Crippen MR) is 100 cm³/mol. The van der Waals surface area contributed by atoms with E-state index >= 15 is 0 Å². The number of alkyl halides is 2. The van der Waals surface area contributed by atoms with Gasteiger partial charge in [-0.1, -0.05) is 30.3 Å². The lowest BCUT2D eigenvalue weighted by Crippen LogP contribution is -2.34. The molecule has 0 unspecified atom stereocenters. The van der Waals surface area contributed by atoms with E-state index in [1.165, 1.54) is 19.2 Å². The number of rotatable bonds is 7. The summed E-state index contributed by atoms with van der Waals surface area (Å²) < 4.78 is 34.4. The maximum Gasteiger partial charge on any atom is 0.387 e. The number of hydrogen-bond donors (Lipinski definition) is 2. The van der Waals surface area contributed by atoms with E-state index in [4.69, 9.17) is 4.74 Å². The minimum absolute atomic E-state index is 0.0842. The minimum Gasteiger partial charge on any atom is -0.493 e. The molecule has 0 bridgehead atoms. The largest absolute Gasteiger partial charge is 0.493 e. The zero-order valence-electron chi connectivity index (χ0n) is 15.1. The van der Waals surface area contributed by atoms with E-state index in [1.54, 1.807) is 12.3 Å². The van der Waals surface area contributed by atoms with Crippen LogP contribution >= 0.6 is 0 Å². The van der Waals surface area contributed by atoms with Crippen LogP contribution < -0.4 is 20.1 Å². The number of aromatic nitrogens is 1. The zero-order chi connectivity index (χ0) is 19.9. The summed E-state index contributed by atoms with van der Waals surface area (Å²) in [6.45, 7) is -2.51. The molecule has 8 heteroatoms. The summed E-state index contributed by atoms with van der Waals surface area (Å²) >= 11 is 0. The molecule has 0 radical (unpaired) electrons. The van der Waals surface area contributed by atoms with E-state index in [2.05, 4.69) is 20.4 Å². The molecule has 2 aromatic carbocycles. The smallest absolute Gasteiger partial charge is 0.387 e. The molecule has 3 rings (SSSR count). The maximum absolute atomic E-state index is 12.5. The van der Waals surface area contributed by atoms with Gasteiger partial charge in [0.05, 0.1) is 12.6 Å². The fraction of sp³-hybridized carbons (Fsp3) is 0.200. The van der Waals surface area contributed by atoms with E-state index in [0.717, 1.165) is 16.5 Å². The highest BCUT2D eigenvalue weighted by atomic mass is 19.3. The first-order chi connectivity index (χ1) is 13.6. The SMILES string of the molecule is COc1ccc(CNC(=O)NCc2cccc3cccnc23)cc1OC(F)F. The van der Waals surface area contributed by atoms with E-state index in [-0.39, 0.29) is 24.1 Å². The summed E-state index contributed by atoms with van der Waals surface area (Å²) in [7, 11) is 1.36. The molecule has 0 fully saturated rings. The summed E-state index contributed by atoms with van der Waals surface area (Å²) in [5, 5.41) is 6.44. The molecule has 28 heavy (non-hydrogen) atoms. The number of urea groups is 1. The Labute approximate surface area is 160 Å². The van der Waals surface area contributed by atoms with Crippen molar-refractivity contribution in [2.45, 2.75) is 19.7 Å². The average molecular weight is 387 g/mol. The monoisotopic (exact) mass is 387 g/mol. The molecule has 0 spiro atoms. The second-order valence-corrected chi connectivity index (χ2v) is 5.89. The topological polar surface area (TPSA) is 72.5 Å². The first-order valence-electron chi connectivity index (χ1n) is 8.53. The van der Waals surface area contributed by atoms with Gasteiger partial charge in [-0.15, -0.1) is 0 Å². The van der Waals surface area contributed by atoms with E-state index in [1.807, 2.05) is 30.3 Å². The number of carbonyl (C=O) groups excluding carboxylic acids is 1. The Kier molecular flexibility index (Phi) is 6.21. The van der Waals surface area contributed by atoms with E-state index in [0.29, 0.717) is 12.1 Å². The van der Waals surface area contributed by atoms with Crippen LogP contribution in [0.3, 0.4) is 0 Å². The van der Waals surface area contributed by atoms with Crippen molar-refractivity contribution in [1.82, 2.24) is 15.6 Å². The Hall–Kier alpha value is -3.42. The standard InChI is InChI=1S/C20H19F2N3O3/c1-27-16-8-7-13(10-17(16)28-19(21)22)11-24-20(26)25-12-15-5-2-4-14-6-3-9-23-18(14)15/h2-10,19H,11-12H2,1H3,(H2,24,25,26). The quantitative estimate of drug-likeness (QED) is 0.646. The number of hydrogen-bond acceptors (Lipinski definition) is 4. The lowest BCUT2D eigenvalue weighted by molar-refractivity contribution is -0.0512. The highest BCUT2D eigenvalue weighted by Crippen LogP contribution is 2.29. The van der Waals surface area contributed by atoms with Crippen molar-refractivity contribution in [2.24, 2.45) is 0 Å². The van der Waals surface area contributed by atoms with Crippen LogP contribution in [-0.4, -0.2) is 24.7 Å². The lowest BCUT2D eigenvalue weighted by Gasteiger charge is -2.12. The van der Waals surface area contributed by atoms with Gasteiger partial charge in [-0.2, -0.15) is 8.78 Å². The number of pyridine rings is 1. The summed E-state index contributed by atoms with van der Waals surface area (Å²) in [6, 6.07) is 13.7. The molecule has 0 saturated heterocycles. The van der Waals surface area contributed by atoms with Crippen LogP contribution in [0.5, 0.6) is 11.5 Å². The summed E-state index contributed by atoms with van der Waals surface area (Å²) in [6.07, 6.45) is 1.70. The second-order valence-electron chi connectivity index (χ2n) is 5.89. The van der Waals surface area contributed by atoms with Crippen molar-refractivity contribution in [3.8, 4) is 11.5 Å². The van der Waals surface area contributed by atoms with Gasteiger partial charge in [0.25, 0.3) is 0 Å². The van der Waals surface area contributed by atoms with Crippen molar-refractivity contribution >= 4 is 16.9 Å². The van der Waals surface area contributed by atoms with E-state index < -0.39 is 6.61 Å². The van der Waals surface area contributed by atoms with Gasteiger partial charge in [-0.05, 0) is 29.3 Å². The van der Waals surface area contributed by atoms with E-state index in [9.17, 15) is 13.6 Å². The van der Waals surface area contributed by atoms with Crippen molar-refractivity contribution in [1.29, 1.82) is 0 Å². The number of methoxy groups -OCH3 is 1. The molecule has 0 aliphatic heterocycles. The van der Waals surface area contributed by atoms with Gasteiger partial charge in [0.2, 0.25) is 0 Å². The van der Waals surface area contributed by atoms with Gasteiger partial charge in [-0.3, -0.25) is 4.98 Å². The molecule has 2 amide bonds. The number of nitrogens with one attached hydrogen (secondary N) is 2. The van der Waals surface area contributed by atoms with Crippen molar-refractivity contribution < 1.29 is 23.0 Å². The third-order valence-electron chi connectivity index (χ3n) is 4.05. The Morgan fingerprint density at radius 2 is 1.86 bits per heavy atom. The van der Waals surface area contributed by atoms with Crippen LogP contribution in [0.4, 0.5) is 13.6 Å². The maximum atomic E-state index is 12.5. The fourth-order valence-corrected chi connectivity index (χ4v) is 2.75. The van der Waals surface area contributed by atoms with Crippen LogP contribution in [0, 0.1) is 0 Å². The fourth-order valence-electron chi connectivity index (χ4n) is 2.75. The van der Waals surface area contributed by atoms with Crippen LogP contribution in [0.2, 0.25) is 0 Å². The molecular formula is C20H19F2N3O3. The molecule has 3 aromatic rings. The van der Waals surface area contributed by atoms with Crippen molar-refractivity contribution in [3.63, 3.8) is 0 Å². The minimum atomic E-state index is -2.96. The molecule has 6 nitrogen and oxygen atoms in total. The normalized spacial score (nSPS) is 10.7.